The molecule has 6 nitrogen and oxygen atoms in total. The van der Waals surface area contributed by atoms with Gasteiger partial charge in [0, 0.05) is 40.6 Å². The Morgan fingerprint density at radius 1 is 0.515 bits per heavy atom. The zero-order chi connectivity index (χ0) is 23.8. The molecule has 0 saturated heterocycles. The summed E-state index contributed by atoms with van der Waals surface area (Å²) in [5, 5.41) is -0.332. The zero-order valence-corrected chi connectivity index (χ0v) is 22.1. The van der Waals surface area contributed by atoms with Crippen LogP contribution in [0.5, 0.6) is 0 Å². The van der Waals surface area contributed by atoms with Gasteiger partial charge in [-0.2, -0.15) is 0 Å². The van der Waals surface area contributed by atoms with Crippen molar-refractivity contribution < 1.29 is 27.4 Å². The molecule has 0 aromatic carbocycles. The third-order valence-corrected chi connectivity index (χ3v) is 10.2. The van der Waals surface area contributed by atoms with Gasteiger partial charge in [-0.1, -0.05) is 25.7 Å². The van der Waals surface area contributed by atoms with Crippen molar-refractivity contribution in [2.24, 2.45) is 0 Å². The maximum absolute atomic E-state index is 13.2. The van der Waals surface area contributed by atoms with E-state index in [4.69, 9.17) is 18.9 Å². The van der Waals surface area contributed by atoms with Crippen LogP contribution < -0.4 is 0 Å². The summed E-state index contributed by atoms with van der Waals surface area (Å²) < 4.78 is 48.7. The third-order valence-electron chi connectivity index (χ3n) is 7.36. The van der Waals surface area contributed by atoms with E-state index in [-0.39, 0.29) is 22.7 Å². The Morgan fingerprint density at radius 2 is 0.848 bits per heavy atom. The molecule has 0 atom stereocenters. The van der Waals surface area contributed by atoms with E-state index in [1.54, 1.807) is 14.2 Å². The molecule has 0 bridgehead atoms. The monoisotopic (exact) mass is 490 g/mol. The van der Waals surface area contributed by atoms with Crippen molar-refractivity contribution >= 4 is 9.84 Å². The van der Waals surface area contributed by atoms with Crippen LogP contribution in [0.2, 0.25) is 0 Å². The van der Waals surface area contributed by atoms with Gasteiger partial charge in [-0.15, -0.1) is 0 Å². The molecule has 196 valence electrons. The van der Waals surface area contributed by atoms with Crippen LogP contribution >= 0.6 is 0 Å². The highest BCUT2D eigenvalue weighted by Crippen LogP contribution is 2.34. The second kappa shape index (κ2) is 17.3. The van der Waals surface area contributed by atoms with Crippen LogP contribution in [0.3, 0.4) is 0 Å². The van der Waals surface area contributed by atoms with Crippen LogP contribution in [0, 0.1) is 0 Å². The molecule has 0 spiro atoms. The Kier molecular flexibility index (Phi) is 15.2. The predicted octanol–water partition coefficient (Wildman–Crippen LogP) is 5.47. The summed E-state index contributed by atoms with van der Waals surface area (Å²) >= 11 is 0. The molecular weight excluding hydrogens is 440 g/mol. The van der Waals surface area contributed by atoms with Crippen molar-refractivity contribution in [3.63, 3.8) is 0 Å². The van der Waals surface area contributed by atoms with Crippen LogP contribution in [-0.4, -0.2) is 71.8 Å². The molecule has 0 aromatic heterocycles. The van der Waals surface area contributed by atoms with Crippen molar-refractivity contribution in [3.8, 4) is 0 Å². The van der Waals surface area contributed by atoms with Crippen molar-refractivity contribution in [1.29, 1.82) is 0 Å². The van der Waals surface area contributed by atoms with E-state index in [1.807, 2.05) is 0 Å². The van der Waals surface area contributed by atoms with E-state index in [1.165, 1.54) is 25.7 Å². The molecule has 0 aliphatic heterocycles. The normalized spacial score (nSPS) is 26.5. The first-order chi connectivity index (χ1) is 16.1. The van der Waals surface area contributed by atoms with Gasteiger partial charge < -0.3 is 18.9 Å². The summed E-state index contributed by atoms with van der Waals surface area (Å²) in [6, 6.07) is 0. The highest BCUT2D eigenvalue weighted by atomic mass is 32.2. The summed E-state index contributed by atoms with van der Waals surface area (Å²) in [6.07, 6.45) is 16.2. The van der Waals surface area contributed by atoms with Gasteiger partial charge in [-0.3, -0.25) is 0 Å². The van der Waals surface area contributed by atoms with E-state index in [9.17, 15) is 8.42 Å². The molecule has 0 amide bonds. The lowest BCUT2D eigenvalue weighted by Gasteiger charge is -2.34. The zero-order valence-electron chi connectivity index (χ0n) is 21.3. The number of methoxy groups -OCH3 is 2. The molecule has 2 aliphatic rings. The molecule has 33 heavy (non-hydrogen) atoms. The van der Waals surface area contributed by atoms with Crippen LogP contribution in [0.15, 0.2) is 0 Å². The molecule has 2 saturated carbocycles. The number of rotatable bonds is 18. The van der Waals surface area contributed by atoms with Crippen molar-refractivity contribution in [1.82, 2.24) is 0 Å². The second-order valence-corrected chi connectivity index (χ2v) is 12.5. The van der Waals surface area contributed by atoms with Crippen LogP contribution in [-0.2, 0) is 28.8 Å². The molecule has 2 rings (SSSR count). The number of unbranched alkanes of at least 4 members (excludes halogenated alkanes) is 6. The molecule has 0 radical (unpaired) electrons. The quantitative estimate of drug-likeness (QED) is 0.237. The van der Waals surface area contributed by atoms with Gasteiger partial charge in [0.05, 0.1) is 22.7 Å². The van der Waals surface area contributed by atoms with Gasteiger partial charge in [-0.05, 0) is 77.0 Å². The molecule has 0 aromatic rings. The molecular formula is C26H50O6S. The lowest BCUT2D eigenvalue weighted by Crippen LogP contribution is -2.39. The molecule has 2 fully saturated rings. The first-order valence-electron chi connectivity index (χ1n) is 13.5. The number of ether oxygens (including phenoxy) is 4. The summed E-state index contributed by atoms with van der Waals surface area (Å²) in [4.78, 5) is 0. The predicted molar refractivity (Wildman–Crippen MR) is 134 cm³/mol. The molecule has 0 N–H and O–H groups in total. The summed E-state index contributed by atoms with van der Waals surface area (Å²) in [6.45, 7) is 3.27. The van der Waals surface area contributed by atoms with E-state index in [0.29, 0.717) is 0 Å². The minimum Gasteiger partial charge on any atom is -0.385 e. The van der Waals surface area contributed by atoms with Gasteiger partial charge in [0.25, 0.3) is 0 Å². The van der Waals surface area contributed by atoms with Crippen LogP contribution in [0.25, 0.3) is 0 Å². The van der Waals surface area contributed by atoms with Crippen LogP contribution in [0.1, 0.15) is 103 Å². The van der Waals surface area contributed by atoms with E-state index >= 15 is 0 Å². The Labute approximate surface area is 203 Å². The van der Waals surface area contributed by atoms with Crippen LogP contribution in [0.4, 0.5) is 0 Å². The van der Waals surface area contributed by atoms with Gasteiger partial charge in [-0.25, -0.2) is 8.42 Å². The summed E-state index contributed by atoms with van der Waals surface area (Å²) in [5.41, 5.74) is 0. The van der Waals surface area contributed by atoms with E-state index in [0.717, 1.165) is 103 Å². The maximum atomic E-state index is 13.2. The lowest BCUT2D eigenvalue weighted by molar-refractivity contribution is 0.0249. The highest BCUT2D eigenvalue weighted by Gasteiger charge is 2.38. The largest absolute Gasteiger partial charge is 0.385 e. The second-order valence-electron chi connectivity index (χ2n) is 9.94. The highest BCUT2D eigenvalue weighted by molar-refractivity contribution is 7.92. The Balaban J connectivity index is 1.56. The molecule has 7 heteroatoms. The Bertz CT molecular complexity index is 521. The van der Waals surface area contributed by atoms with Crippen molar-refractivity contribution in [3.05, 3.63) is 0 Å². The average Bonchev–Trinajstić information content (AvgIpc) is 2.83. The standard InChI is InChI=1S/C26H50O6S/c1-29-19-7-3-5-9-21-31-23-11-15-25(16-12-23)33(27,28)26-17-13-24(14-18-26)32-22-10-6-4-8-20-30-2/h23-26H,3-22H2,1-2H3. The van der Waals surface area contributed by atoms with Gasteiger partial charge in [0.15, 0.2) is 9.84 Å². The Hall–Kier alpha value is -0.210. The summed E-state index contributed by atoms with van der Waals surface area (Å²) in [7, 11) is 0.446. The third kappa shape index (κ3) is 11.4. The number of sulfone groups is 1. The van der Waals surface area contributed by atoms with E-state index in [2.05, 4.69) is 0 Å². The van der Waals surface area contributed by atoms with Gasteiger partial charge >= 0.3 is 0 Å². The molecule has 0 heterocycles. The Morgan fingerprint density at radius 3 is 1.18 bits per heavy atom. The topological polar surface area (TPSA) is 71.1 Å². The van der Waals surface area contributed by atoms with Gasteiger partial charge in [0.2, 0.25) is 0 Å². The SMILES string of the molecule is COCCCCCCOC1CCC(S(=O)(=O)C2CCC(OCCCCCCOC)CC2)CC1. The average molecular weight is 491 g/mol. The van der Waals surface area contributed by atoms with E-state index < -0.39 is 9.84 Å². The number of hydrogen-bond acceptors (Lipinski definition) is 6. The minimum absolute atomic E-state index is 0.166. The smallest absolute Gasteiger partial charge is 0.156 e. The van der Waals surface area contributed by atoms with Gasteiger partial charge in [0.1, 0.15) is 0 Å². The first kappa shape index (κ1) is 29.0. The van der Waals surface area contributed by atoms with Crippen molar-refractivity contribution in [2.75, 3.05) is 40.6 Å². The summed E-state index contributed by atoms with van der Waals surface area (Å²) in [5.74, 6) is 0. The fourth-order valence-corrected chi connectivity index (χ4v) is 7.63. The fourth-order valence-electron chi connectivity index (χ4n) is 5.23. The maximum Gasteiger partial charge on any atom is 0.156 e. The minimum atomic E-state index is -3.04. The number of hydrogen-bond donors (Lipinski definition) is 0. The van der Waals surface area contributed by atoms with Crippen molar-refractivity contribution in [2.45, 2.75) is 125 Å². The molecule has 0 unspecified atom stereocenters. The lowest BCUT2D eigenvalue weighted by atomic mass is 9.96. The first-order valence-corrected chi connectivity index (χ1v) is 15.1. The fraction of sp³-hybridized carbons (Fsp3) is 1.00. The molecule has 2 aliphatic carbocycles.